The van der Waals surface area contributed by atoms with Gasteiger partial charge in [0.1, 0.15) is 11.9 Å². The minimum atomic E-state index is -0.418. The van der Waals surface area contributed by atoms with E-state index >= 15 is 0 Å². The number of aromatic amines is 1. The van der Waals surface area contributed by atoms with Crippen LogP contribution >= 0.6 is 0 Å². The van der Waals surface area contributed by atoms with E-state index in [0.29, 0.717) is 18.1 Å². The fourth-order valence-corrected chi connectivity index (χ4v) is 3.24. The molecule has 25 heavy (non-hydrogen) atoms. The Morgan fingerprint density at radius 1 is 1.36 bits per heavy atom. The predicted octanol–water partition coefficient (Wildman–Crippen LogP) is 2.26. The molecule has 1 heterocycles. The van der Waals surface area contributed by atoms with Crippen LogP contribution in [0, 0.1) is 18.3 Å². The number of aromatic nitrogens is 2. The first-order chi connectivity index (χ1) is 12.0. The highest BCUT2D eigenvalue weighted by Gasteiger charge is 2.21. The number of aliphatic hydroxyl groups excluding tert-OH is 1. The average Bonchev–Trinajstić information content (AvgIpc) is 2.57. The highest BCUT2D eigenvalue weighted by atomic mass is 16.3. The zero-order valence-corrected chi connectivity index (χ0v) is 14.2. The first-order valence-electron chi connectivity index (χ1n) is 8.58. The second-order valence-corrected chi connectivity index (χ2v) is 6.66. The molecule has 2 aromatic rings. The van der Waals surface area contributed by atoms with E-state index in [0.717, 1.165) is 36.8 Å². The van der Waals surface area contributed by atoms with E-state index in [4.69, 9.17) is 0 Å². The van der Waals surface area contributed by atoms with Crippen molar-refractivity contribution in [2.24, 2.45) is 0 Å². The van der Waals surface area contributed by atoms with Crippen molar-refractivity contribution in [1.29, 1.82) is 5.26 Å². The molecule has 0 aliphatic heterocycles. The molecule has 6 heteroatoms. The van der Waals surface area contributed by atoms with Crippen molar-refractivity contribution >= 4 is 5.82 Å². The maximum Gasteiger partial charge on any atom is 0.271 e. The molecule has 0 saturated heterocycles. The molecule has 3 N–H and O–H groups in total. The Balaban J connectivity index is 1.85. The Bertz CT molecular complexity index is 845. The molecule has 0 radical (unpaired) electrons. The Labute approximate surface area is 146 Å². The molecule has 0 atom stereocenters. The molecule has 1 aliphatic rings. The van der Waals surface area contributed by atoms with Crippen LogP contribution in [0.4, 0.5) is 5.82 Å². The van der Waals surface area contributed by atoms with Crippen molar-refractivity contribution in [1.82, 2.24) is 9.97 Å². The normalized spacial score (nSPS) is 20.0. The van der Waals surface area contributed by atoms with Gasteiger partial charge in [-0.05, 0) is 38.2 Å². The first-order valence-corrected chi connectivity index (χ1v) is 8.58. The van der Waals surface area contributed by atoms with Gasteiger partial charge in [-0.2, -0.15) is 5.26 Å². The number of nitrogens with one attached hydrogen (secondary N) is 2. The molecule has 130 valence electrons. The molecule has 1 aromatic heterocycles. The van der Waals surface area contributed by atoms with E-state index in [2.05, 4.69) is 15.3 Å². The molecular weight excluding hydrogens is 316 g/mol. The summed E-state index contributed by atoms with van der Waals surface area (Å²) in [5.74, 6) is 0.878. The van der Waals surface area contributed by atoms with Crippen LogP contribution in [0.15, 0.2) is 29.1 Å². The molecule has 0 spiro atoms. The maximum atomic E-state index is 12.2. The number of hydrogen-bond acceptors (Lipinski definition) is 5. The van der Waals surface area contributed by atoms with E-state index in [1.165, 1.54) is 0 Å². The number of anilines is 1. The third-order valence-electron chi connectivity index (χ3n) is 4.57. The molecule has 0 bridgehead atoms. The van der Waals surface area contributed by atoms with Gasteiger partial charge in [-0.25, -0.2) is 4.98 Å². The number of nitrogens with zero attached hydrogens (tertiary/aromatic N) is 2. The fourth-order valence-electron chi connectivity index (χ4n) is 3.24. The SMILES string of the molecule is Cc1cccc(Cc2nc(N[C@H]3CC[C@H](O)CC3)c(C#N)c(=O)[nH]2)c1. The maximum absolute atomic E-state index is 12.2. The molecule has 3 rings (SSSR count). The Hall–Kier alpha value is -2.65. The van der Waals surface area contributed by atoms with Crippen LogP contribution < -0.4 is 10.9 Å². The number of aliphatic hydroxyl groups is 1. The van der Waals surface area contributed by atoms with Gasteiger partial charge in [0.15, 0.2) is 11.4 Å². The van der Waals surface area contributed by atoms with Crippen molar-refractivity contribution < 1.29 is 5.11 Å². The average molecular weight is 338 g/mol. The summed E-state index contributed by atoms with van der Waals surface area (Å²) < 4.78 is 0. The molecule has 1 saturated carbocycles. The van der Waals surface area contributed by atoms with Gasteiger partial charge in [-0.1, -0.05) is 29.8 Å². The lowest BCUT2D eigenvalue weighted by Crippen LogP contribution is -2.30. The number of hydrogen-bond donors (Lipinski definition) is 3. The molecule has 0 unspecified atom stereocenters. The minimum Gasteiger partial charge on any atom is -0.393 e. The van der Waals surface area contributed by atoms with Crippen molar-refractivity contribution in [3.05, 3.63) is 57.1 Å². The molecular formula is C19H22N4O2. The number of H-pyrrole nitrogens is 1. The number of nitriles is 1. The van der Waals surface area contributed by atoms with Gasteiger partial charge in [-0.3, -0.25) is 4.79 Å². The third-order valence-corrected chi connectivity index (χ3v) is 4.57. The van der Waals surface area contributed by atoms with Crippen molar-refractivity contribution in [2.45, 2.75) is 51.2 Å². The van der Waals surface area contributed by atoms with E-state index in [1.807, 2.05) is 37.3 Å². The van der Waals surface area contributed by atoms with Crippen molar-refractivity contribution in [3.8, 4) is 6.07 Å². The summed E-state index contributed by atoms with van der Waals surface area (Å²) in [6, 6.07) is 10.1. The standard InChI is InChI=1S/C19H22N4O2/c1-12-3-2-4-13(9-12)10-17-22-18(16(11-20)19(25)23-17)21-14-5-7-15(24)8-6-14/h2-4,9,14-15,24H,5-8,10H2,1H3,(H2,21,22,23,25)/t14-,15-. The topological polar surface area (TPSA) is 102 Å². The van der Waals surface area contributed by atoms with E-state index < -0.39 is 5.56 Å². The molecule has 1 fully saturated rings. The van der Waals surface area contributed by atoms with Crippen LogP contribution in [0.5, 0.6) is 0 Å². The van der Waals surface area contributed by atoms with Crippen LogP contribution in [-0.4, -0.2) is 27.2 Å². The smallest absolute Gasteiger partial charge is 0.271 e. The Morgan fingerprint density at radius 3 is 2.80 bits per heavy atom. The molecule has 0 amide bonds. The number of aryl methyl sites for hydroxylation is 1. The zero-order valence-electron chi connectivity index (χ0n) is 14.2. The highest BCUT2D eigenvalue weighted by molar-refractivity contribution is 5.51. The Morgan fingerprint density at radius 2 is 2.12 bits per heavy atom. The van der Waals surface area contributed by atoms with Gasteiger partial charge >= 0.3 is 0 Å². The quantitative estimate of drug-likeness (QED) is 0.793. The van der Waals surface area contributed by atoms with E-state index in [9.17, 15) is 15.2 Å². The second-order valence-electron chi connectivity index (χ2n) is 6.66. The van der Waals surface area contributed by atoms with Crippen LogP contribution in [0.1, 0.15) is 48.2 Å². The highest BCUT2D eigenvalue weighted by Crippen LogP contribution is 2.22. The summed E-state index contributed by atoms with van der Waals surface area (Å²) >= 11 is 0. The summed E-state index contributed by atoms with van der Waals surface area (Å²) in [5.41, 5.74) is 1.80. The van der Waals surface area contributed by atoms with Gasteiger partial charge in [0, 0.05) is 12.5 Å². The number of rotatable bonds is 4. The van der Waals surface area contributed by atoms with E-state index in [1.54, 1.807) is 0 Å². The van der Waals surface area contributed by atoms with Crippen LogP contribution in [0.2, 0.25) is 0 Å². The molecule has 1 aliphatic carbocycles. The lowest BCUT2D eigenvalue weighted by molar-refractivity contribution is 0.126. The predicted molar refractivity (Wildman–Crippen MR) is 95.4 cm³/mol. The van der Waals surface area contributed by atoms with Crippen molar-refractivity contribution in [3.63, 3.8) is 0 Å². The zero-order chi connectivity index (χ0) is 17.8. The Kier molecular flexibility index (Phi) is 5.15. The van der Waals surface area contributed by atoms with Gasteiger partial charge in [0.05, 0.1) is 6.10 Å². The summed E-state index contributed by atoms with van der Waals surface area (Å²) in [5, 5.41) is 22.2. The van der Waals surface area contributed by atoms with Gasteiger partial charge in [0.25, 0.3) is 5.56 Å². The summed E-state index contributed by atoms with van der Waals surface area (Å²) in [7, 11) is 0. The van der Waals surface area contributed by atoms with Gasteiger partial charge in [0.2, 0.25) is 0 Å². The minimum absolute atomic E-state index is 0.0131. The fraction of sp³-hybridized carbons (Fsp3) is 0.421. The first kappa shape index (κ1) is 17.2. The van der Waals surface area contributed by atoms with E-state index in [-0.39, 0.29) is 17.7 Å². The van der Waals surface area contributed by atoms with Gasteiger partial charge < -0.3 is 15.4 Å². The van der Waals surface area contributed by atoms with Crippen LogP contribution in [0.25, 0.3) is 0 Å². The molecule has 6 nitrogen and oxygen atoms in total. The largest absolute Gasteiger partial charge is 0.393 e. The summed E-state index contributed by atoms with van der Waals surface area (Å²) in [4.78, 5) is 19.4. The van der Waals surface area contributed by atoms with Crippen LogP contribution in [0.3, 0.4) is 0 Å². The van der Waals surface area contributed by atoms with Gasteiger partial charge in [-0.15, -0.1) is 0 Å². The lowest BCUT2D eigenvalue weighted by Gasteiger charge is -2.26. The lowest BCUT2D eigenvalue weighted by atomic mass is 9.93. The summed E-state index contributed by atoms with van der Waals surface area (Å²) in [6.07, 6.45) is 3.29. The van der Waals surface area contributed by atoms with Crippen LogP contribution in [-0.2, 0) is 6.42 Å². The second kappa shape index (κ2) is 7.49. The number of benzene rings is 1. The summed E-state index contributed by atoms with van der Waals surface area (Å²) in [6.45, 7) is 2.02. The van der Waals surface area contributed by atoms with Crippen molar-refractivity contribution in [2.75, 3.05) is 5.32 Å². The third kappa shape index (κ3) is 4.25. The molecule has 1 aromatic carbocycles. The monoisotopic (exact) mass is 338 g/mol.